The van der Waals surface area contributed by atoms with Gasteiger partial charge in [-0.15, -0.1) is 11.3 Å². The maximum absolute atomic E-state index is 12.0. The van der Waals surface area contributed by atoms with Gasteiger partial charge in [-0.25, -0.2) is 4.98 Å². The Morgan fingerprint density at radius 1 is 1.19 bits per heavy atom. The minimum absolute atomic E-state index is 0.0220. The van der Waals surface area contributed by atoms with E-state index in [0.29, 0.717) is 25.8 Å². The highest BCUT2D eigenvalue weighted by molar-refractivity contribution is 7.09. The molecular formula is C21H19N3O2S. The van der Waals surface area contributed by atoms with Gasteiger partial charge in [-0.2, -0.15) is 0 Å². The molecule has 2 heterocycles. The average molecular weight is 377 g/mol. The number of hydrogen-bond donors (Lipinski definition) is 2. The van der Waals surface area contributed by atoms with Gasteiger partial charge in [0.05, 0.1) is 23.5 Å². The van der Waals surface area contributed by atoms with E-state index in [2.05, 4.69) is 15.6 Å². The molecule has 4 rings (SSSR count). The van der Waals surface area contributed by atoms with E-state index in [1.165, 1.54) is 0 Å². The Kier molecular flexibility index (Phi) is 4.98. The predicted octanol–water partition coefficient (Wildman–Crippen LogP) is 3.21. The van der Waals surface area contributed by atoms with Gasteiger partial charge in [0.1, 0.15) is 0 Å². The van der Waals surface area contributed by atoms with Crippen molar-refractivity contribution in [1.29, 1.82) is 0 Å². The number of fused-ring (bicyclic) bond motifs is 1. The third kappa shape index (κ3) is 4.23. The van der Waals surface area contributed by atoms with Gasteiger partial charge in [0, 0.05) is 29.6 Å². The second kappa shape index (κ2) is 7.72. The van der Waals surface area contributed by atoms with Crippen molar-refractivity contribution in [2.75, 3.05) is 11.9 Å². The zero-order chi connectivity index (χ0) is 18.6. The highest BCUT2D eigenvalue weighted by Gasteiger charge is 2.18. The number of carbonyl (C=O) groups is 2. The quantitative estimate of drug-likeness (QED) is 0.693. The van der Waals surface area contributed by atoms with Crippen LogP contribution in [0.1, 0.15) is 16.1 Å². The molecule has 0 saturated carbocycles. The highest BCUT2D eigenvalue weighted by atomic mass is 32.1. The summed E-state index contributed by atoms with van der Waals surface area (Å²) < 4.78 is 0. The van der Waals surface area contributed by atoms with Crippen LogP contribution in [0.15, 0.2) is 53.9 Å². The van der Waals surface area contributed by atoms with E-state index in [0.717, 1.165) is 33.1 Å². The normalized spacial score (nSPS) is 12.5. The first kappa shape index (κ1) is 17.4. The van der Waals surface area contributed by atoms with Gasteiger partial charge in [-0.3, -0.25) is 9.59 Å². The Morgan fingerprint density at radius 2 is 2.04 bits per heavy atom. The molecule has 0 saturated heterocycles. The van der Waals surface area contributed by atoms with Gasteiger partial charge in [0.2, 0.25) is 11.8 Å². The zero-order valence-corrected chi connectivity index (χ0v) is 15.5. The molecule has 0 fully saturated rings. The summed E-state index contributed by atoms with van der Waals surface area (Å²) in [7, 11) is 0. The fourth-order valence-electron chi connectivity index (χ4n) is 3.10. The fraction of sp³-hybridized carbons (Fsp3) is 0.190. The summed E-state index contributed by atoms with van der Waals surface area (Å²) in [5.41, 5.74) is 4.84. The molecule has 6 heteroatoms. The van der Waals surface area contributed by atoms with Crippen LogP contribution in [0, 0.1) is 0 Å². The van der Waals surface area contributed by atoms with Crippen molar-refractivity contribution in [2.24, 2.45) is 0 Å². The third-order valence-corrected chi connectivity index (χ3v) is 5.35. The number of anilines is 1. The molecule has 2 N–H and O–H groups in total. The predicted molar refractivity (Wildman–Crippen MR) is 107 cm³/mol. The monoisotopic (exact) mass is 377 g/mol. The number of rotatable bonds is 6. The number of benzene rings is 2. The molecule has 27 heavy (non-hydrogen) atoms. The summed E-state index contributed by atoms with van der Waals surface area (Å²) in [6, 6.07) is 15.6. The zero-order valence-electron chi connectivity index (χ0n) is 14.7. The molecule has 1 aliphatic rings. The van der Waals surface area contributed by atoms with E-state index < -0.39 is 0 Å². The Hall–Kier alpha value is -2.99. The summed E-state index contributed by atoms with van der Waals surface area (Å²) >= 11 is 1.59. The smallest absolute Gasteiger partial charge is 0.228 e. The molecule has 136 valence electrons. The summed E-state index contributed by atoms with van der Waals surface area (Å²) in [5, 5.41) is 8.80. The van der Waals surface area contributed by atoms with E-state index in [-0.39, 0.29) is 11.8 Å². The lowest BCUT2D eigenvalue weighted by atomic mass is 10.1. The van der Waals surface area contributed by atoms with Crippen LogP contribution in [-0.4, -0.2) is 23.3 Å². The van der Waals surface area contributed by atoms with Crippen molar-refractivity contribution in [1.82, 2.24) is 10.3 Å². The van der Waals surface area contributed by atoms with Crippen molar-refractivity contribution >= 4 is 28.8 Å². The first-order valence-corrected chi connectivity index (χ1v) is 9.73. The number of thiazole rings is 1. The first-order valence-electron chi connectivity index (χ1n) is 8.85. The number of hydrogen-bond acceptors (Lipinski definition) is 4. The molecule has 5 nitrogen and oxygen atoms in total. The van der Waals surface area contributed by atoms with Crippen LogP contribution >= 0.6 is 11.3 Å². The van der Waals surface area contributed by atoms with Crippen LogP contribution in [-0.2, 0) is 28.9 Å². The Morgan fingerprint density at radius 3 is 2.89 bits per heavy atom. The van der Waals surface area contributed by atoms with Crippen LogP contribution in [0.5, 0.6) is 0 Å². The molecular weight excluding hydrogens is 358 g/mol. The molecule has 0 radical (unpaired) electrons. The SMILES string of the molecule is O=C(Cc1ccccc1)NCCc1nc(-c2ccc3c(c2)CC(=O)N3)cs1. The molecule has 0 atom stereocenters. The minimum Gasteiger partial charge on any atom is -0.355 e. The molecule has 0 bridgehead atoms. The maximum Gasteiger partial charge on any atom is 0.228 e. The molecule has 1 aliphatic heterocycles. The Balaban J connectivity index is 1.32. The van der Waals surface area contributed by atoms with Crippen LogP contribution in [0.2, 0.25) is 0 Å². The van der Waals surface area contributed by atoms with Gasteiger partial charge in [-0.05, 0) is 23.3 Å². The fourth-order valence-corrected chi connectivity index (χ4v) is 3.91. The first-order chi connectivity index (χ1) is 13.2. The van der Waals surface area contributed by atoms with Crippen LogP contribution < -0.4 is 10.6 Å². The van der Waals surface area contributed by atoms with Crippen molar-refractivity contribution in [2.45, 2.75) is 19.3 Å². The molecule has 0 aliphatic carbocycles. The van der Waals surface area contributed by atoms with Gasteiger partial charge < -0.3 is 10.6 Å². The average Bonchev–Trinajstić information content (AvgIpc) is 3.27. The van der Waals surface area contributed by atoms with E-state index in [1.807, 2.05) is 53.9 Å². The lowest BCUT2D eigenvalue weighted by Gasteiger charge is -2.04. The topological polar surface area (TPSA) is 71.1 Å². The molecule has 0 spiro atoms. The number of carbonyl (C=O) groups excluding carboxylic acids is 2. The lowest BCUT2D eigenvalue weighted by molar-refractivity contribution is -0.120. The van der Waals surface area contributed by atoms with Gasteiger partial charge >= 0.3 is 0 Å². The summed E-state index contributed by atoms with van der Waals surface area (Å²) in [4.78, 5) is 28.2. The molecule has 2 aromatic carbocycles. The number of amides is 2. The van der Waals surface area contributed by atoms with Crippen molar-refractivity contribution in [3.05, 3.63) is 70.0 Å². The number of aromatic nitrogens is 1. The summed E-state index contributed by atoms with van der Waals surface area (Å²) in [5.74, 6) is 0.0566. The lowest BCUT2D eigenvalue weighted by Crippen LogP contribution is -2.27. The van der Waals surface area contributed by atoms with Crippen molar-refractivity contribution in [3.8, 4) is 11.3 Å². The minimum atomic E-state index is 0.0220. The Bertz CT molecular complexity index is 982. The summed E-state index contributed by atoms with van der Waals surface area (Å²) in [6.07, 6.45) is 1.52. The van der Waals surface area contributed by atoms with Crippen LogP contribution in [0.25, 0.3) is 11.3 Å². The number of nitrogens with one attached hydrogen (secondary N) is 2. The van der Waals surface area contributed by atoms with E-state index in [4.69, 9.17) is 0 Å². The van der Waals surface area contributed by atoms with Gasteiger partial charge in [-0.1, -0.05) is 36.4 Å². The van der Waals surface area contributed by atoms with E-state index in [1.54, 1.807) is 11.3 Å². The number of nitrogens with zero attached hydrogens (tertiary/aromatic N) is 1. The second-order valence-electron chi connectivity index (χ2n) is 6.49. The largest absolute Gasteiger partial charge is 0.355 e. The molecule has 0 unspecified atom stereocenters. The standard InChI is InChI=1S/C21H19N3O2S/c25-19(10-14-4-2-1-3-5-14)22-9-8-21-24-18(13-27-21)15-6-7-17-16(11-15)12-20(26)23-17/h1-7,11,13H,8-10,12H2,(H,22,25)(H,23,26). The van der Waals surface area contributed by atoms with Crippen molar-refractivity contribution in [3.63, 3.8) is 0 Å². The second-order valence-corrected chi connectivity index (χ2v) is 7.43. The molecule has 2 amide bonds. The molecule has 3 aromatic rings. The Labute approximate surface area is 161 Å². The summed E-state index contributed by atoms with van der Waals surface area (Å²) in [6.45, 7) is 0.571. The van der Waals surface area contributed by atoms with Crippen LogP contribution in [0.4, 0.5) is 5.69 Å². The maximum atomic E-state index is 12.0. The van der Waals surface area contributed by atoms with Gasteiger partial charge in [0.15, 0.2) is 0 Å². The van der Waals surface area contributed by atoms with E-state index >= 15 is 0 Å². The highest BCUT2D eigenvalue weighted by Crippen LogP contribution is 2.29. The van der Waals surface area contributed by atoms with Gasteiger partial charge in [0.25, 0.3) is 0 Å². The van der Waals surface area contributed by atoms with Crippen molar-refractivity contribution < 1.29 is 9.59 Å². The van der Waals surface area contributed by atoms with E-state index in [9.17, 15) is 9.59 Å². The molecule has 1 aromatic heterocycles. The van der Waals surface area contributed by atoms with Crippen LogP contribution in [0.3, 0.4) is 0 Å². The third-order valence-electron chi connectivity index (χ3n) is 4.45.